The maximum absolute atomic E-state index is 12.6. The smallest absolute Gasteiger partial charge is 0.186 e. The monoisotopic (exact) mass is 330 g/mol. The van der Waals surface area contributed by atoms with Crippen LogP contribution in [0, 0.1) is 0 Å². The minimum absolute atomic E-state index is 0.0530. The zero-order chi connectivity index (χ0) is 16.0. The molecule has 0 unspecified atom stereocenters. The molecular weight excluding hydrogens is 312 g/mol. The Bertz CT molecular complexity index is 597. The SMILES string of the molecule is CCC(=O)C(Sc1ccccc1)(Sc1ccccc1)C(C)=O. The molecule has 2 aromatic rings. The van der Waals surface area contributed by atoms with E-state index in [9.17, 15) is 9.59 Å². The molecule has 22 heavy (non-hydrogen) atoms. The van der Waals surface area contributed by atoms with Crippen LogP contribution < -0.4 is 0 Å². The van der Waals surface area contributed by atoms with Crippen LogP contribution in [0.2, 0.25) is 0 Å². The van der Waals surface area contributed by atoms with Gasteiger partial charge in [0, 0.05) is 16.2 Å². The first-order chi connectivity index (χ1) is 10.6. The van der Waals surface area contributed by atoms with E-state index >= 15 is 0 Å². The molecule has 2 rings (SSSR count). The minimum atomic E-state index is -1.13. The van der Waals surface area contributed by atoms with E-state index in [0.29, 0.717) is 6.42 Å². The van der Waals surface area contributed by atoms with Gasteiger partial charge >= 0.3 is 0 Å². The molecule has 2 nitrogen and oxygen atoms in total. The number of carbonyl (C=O) groups excluding carboxylic acids is 2. The third-order valence-electron chi connectivity index (χ3n) is 3.16. The summed E-state index contributed by atoms with van der Waals surface area (Å²) in [6.45, 7) is 3.30. The fourth-order valence-electron chi connectivity index (χ4n) is 2.02. The van der Waals surface area contributed by atoms with Gasteiger partial charge < -0.3 is 0 Å². The lowest BCUT2D eigenvalue weighted by molar-refractivity contribution is -0.126. The van der Waals surface area contributed by atoms with Crippen LogP contribution in [0.15, 0.2) is 70.5 Å². The van der Waals surface area contributed by atoms with Gasteiger partial charge in [-0.05, 0) is 31.2 Å². The summed E-state index contributed by atoms with van der Waals surface area (Å²) in [5.74, 6) is -0.176. The van der Waals surface area contributed by atoms with Gasteiger partial charge in [-0.2, -0.15) is 0 Å². The third kappa shape index (κ3) is 3.81. The number of Topliss-reactive ketones (excluding diaryl/α,β-unsaturated/α-hetero) is 2. The molecule has 0 aromatic heterocycles. The molecule has 0 heterocycles. The first-order valence-corrected chi connectivity index (χ1v) is 8.74. The van der Waals surface area contributed by atoms with Crippen molar-refractivity contribution in [3.05, 3.63) is 60.7 Å². The maximum Gasteiger partial charge on any atom is 0.186 e. The van der Waals surface area contributed by atoms with Crippen LogP contribution >= 0.6 is 23.5 Å². The Morgan fingerprint density at radius 2 is 1.27 bits per heavy atom. The predicted octanol–water partition coefficient (Wildman–Crippen LogP) is 4.84. The van der Waals surface area contributed by atoms with Crippen LogP contribution in [0.4, 0.5) is 0 Å². The predicted molar refractivity (Wildman–Crippen MR) is 93.3 cm³/mol. The molecule has 0 radical (unpaired) electrons. The number of hydrogen-bond acceptors (Lipinski definition) is 4. The van der Waals surface area contributed by atoms with Gasteiger partial charge in [0.2, 0.25) is 0 Å². The lowest BCUT2D eigenvalue weighted by Crippen LogP contribution is -2.38. The number of benzene rings is 2. The second kappa shape index (κ2) is 7.65. The highest BCUT2D eigenvalue weighted by molar-refractivity contribution is 8.20. The molecule has 0 bridgehead atoms. The Labute approximate surface area is 139 Å². The molecule has 0 aliphatic carbocycles. The van der Waals surface area contributed by atoms with Gasteiger partial charge in [-0.1, -0.05) is 66.8 Å². The van der Waals surface area contributed by atoms with Crippen LogP contribution in [0.1, 0.15) is 20.3 Å². The van der Waals surface area contributed by atoms with Crippen LogP contribution in [0.25, 0.3) is 0 Å². The first kappa shape index (κ1) is 16.8. The molecule has 0 saturated carbocycles. The topological polar surface area (TPSA) is 34.1 Å². The largest absolute Gasteiger partial charge is 0.297 e. The normalized spacial score (nSPS) is 11.2. The van der Waals surface area contributed by atoms with Gasteiger partial charge in [0.15, 0.2) is 15.6 Å². The van der Waals surface area contributed by atoms with E-state index in [2.05, 4.69) is 0 Å². The van der Waals surface area contributed by atoms with Gasteiger partial charge in [0.05, 0.1) is 0 Å². The van der Waals surface area contributed by atoms with Crippen LogP contribution in [-0.4, -0.2) is 15.6 Å². The summed E-state index contributed by atoms with van der Waals surface area (Å²) in [7, 11) is 0. The van der Waals surface area contributed by atoms with Crippen LogP contribution in [0.3, 0.4) is 0 Å². The molecule has 0 aliphatic rings. The van der Waals surface area contributed by atoms with Crippen molar-refractivity contribution >= 4 is 35.1 Å². The highest BCUT2D eigenvalue weighted by Crippen LogP contribution is 2.47. The summed E-state index contributed by atoms with van der Waals surface area (Å²) in [5, 5.41) is 0. The summed E-state index contributed by atoms with van der Waals surface area (Å²) in [6, 6.07) is 19.2. The fraction of sp³-hybridized carbons (Fsp3) is 0.222. The highest BCUT2D eigenvalue weighted by atomic mass is 32.2. The summed E-state index contributed by atoms with van der Waals surface area (Å²) < 4.78 is -1.13. The second-order valence-corrected chi connectivity index (χ2v) is 7.61. The molecule has 4 heteroatoms. The average Bonchev–Trinajstić information content (AvgIpc) is 2.55. The lowest BCUT2D eigenvalue weighted by atomic mass is 10.1. The van der Waals surface area contributed by atoms with E-state index in [1.165, 1.54) is 30.4 Å². The molecular formula is C18H18O2S2. The van der Waals surface area contributed by atoms with Crippen molar-refractivity contribution in [2.24, 2.45) is 0 Å². The molecule has 0 atom stereocenters. The Hall–Kier alpha value is -1.52. The van der Waals surface area contributed by atoms with E-state index in [-0.39, 0.29) is 11.6 Å². The molecule has 0 N–H and O–H groups in total. The number of hydrogen-bond donors (Lipinski definition) is 0. The first-order valence-electron chi connectivity index (χ1n) is 7.11. The number of carbonyl (C=O) groups is 2. The zero-order valence-electron chi connectivity index (χ0n) is 12.6. The van der Waals surface area contributed by atoms with Gasteiger partial charge in [0.25, 0.3) is 0 Å². The minimum Gasteiger partial charge on any atom is -0.297 e. The molecule has 0 fully saturated rings. The Balaban J connectivity index is 2.42. The standard InChI is InChI=1S/C18H18O2S2/c1-3-17(20)18(14(2)19,21-15-10-6-4-7-11-15)22-16-12-8-5-9-13-16/h4-13H,3H2,1-2H3. The number of rotatable bonds is 7. The molecule has 0 amide bonds. The van der Waals surface area contributed by atoms with E-state index in [4.69, 9.17) is 0 Å². The molecule has 0 spiro atoms. The summed E-state index contributed by atoms with van der Waals surface area (Å²) in [6.07, 6.45) is 0.333. The maximum atomic E-state index is 12.6. The number of thioether (sulfide) groups is 2. The van der Waals surface area contributed by atoms with Crippen molar-refractivity contribution in [2.75, 3.05) is 0 Å². The van der Waals surface area contributed by atoms with Crippen molar-refractivity contribution in [2.45, 2.75) is 34.1 Å². The van der Waals surface area contributed by atoms with Crippen LogP contribution in [-0.2, 0) is 9.59 Å². The van der Waals surface area contributed by atoms with Crippen molar-refractivity contribution in [1.29, 1.82) is 0 Å². The second-order valence-electron chi connectivity index (χ2n) is 4.78. The Morgan fingerprint density at radius 1 is 0.864 bits per heavy atom. The summed E-state index contributed by atoms with van der Waals surface area (Å²) in [4.78, 5) is 26.9. The van der Waals surface area contributed by atoms with E-state index in [0.717, 1.165) is 9.79 Å². The fourth-order valence-corrected chi connectivity index (χ4v) is 4.81. The molecule has 0 aliphatic heterocycles. The van der Waals surface area contributed by atoms with Gasteiger partial charge in [0.1, 0.15) is 0 Å². The Kier molecular flexibility index (Phi) is 5.86. The van der Waals surface area contributed by atoms with E-state index in [1.54, 1.807) is 6.92 Å². The van der Waals surface area contributed by atoms with Gasteiger partial charge in [-0.15, -0.1) is 0 Å². The molecule has 0 saturated heterocycles. The lowest BCUT2D eigenvalue weighted by Gasteiger charge is -2.28. The van der Waals surface area contributed by atoms with Crippen molar-refractivity contribution in [3.63, 3.8) is 0 Å². The third-order valence-corrected chi connectivity index (χ3v) is 6.28. The van der Waals surface area contributed by atoms with Crippen molar-refractivity contribution in [3.8, 4) is 0 Å². The van der Waals surface area contributed by atoms with E-state index < -0.39 is 4.08 Å². The van der Waals surface area contributed by atoms with Gasteiger partial charge in [-0.25, -0.2) is 0 Å². The van der Waals surface area contributed by atoms with Crippen LogP contribution in [0.5, 0.6) is 0 Å². The zero-order valence-corrected chi connectivity index (χ0v) is 14.2. The molecule has 114 valence electrons. The Morgan fingerprint density at radius 3 is 1.59 bits per heavy atom. The summed E-state index contributed by atoms with van der Waals surface area (Å²) in [5.41, 5.74) is 0. The quantitative estimate of drug-likeness (QED) is 0.413. The molecule has 2 aromatic carbocycles. The van der Waals surface area contributed by atoms with Gasteiger partial charge in [-0.3, -0.25) is 9.59 Å². The van der Waals surface area contributed by atoms with E-state index in [1.807, 2.05) is 60.7 Å². The summed E-state index contributed by atoms with van der Waals surface area (Å²) >= 11 is 2.67. The van der Waals surface area contributed by atoms with Crippen molar-refractivity contribution in [1.82, 2.24) is 0 Å². The number of ketones is 2. The van der Waals surface area contributed by atoms with Crippen molar-refractivity contribution < 1.29 is 9.59 Å². The average molecular weight is 330 g/mol. The highest BCUT2D eigenvalue weighted by Gasteiger charge is 2.44.